The molecule has 1 N–H and O–H groups in total. The van der Waals surface area contributed by atoms with E-state index in [9.17, 15) is 4.79 Å². The molecule has 0 spiro atoms. The average Bonchev–Trinajstić information content (AvgIpc) is 3.24. The normalized spacial score (nSPS) is 10.9. The summed E-state index contributed by atoms with van der Waals surface area (Å²) >= 11 is 0. The molecule has 118 valence electrons. The molecule has 0 aliphatic carbocycles. The second kappa shape index (κ2) is 5.66. The van der Waals surface area contributed by atoms with Crippen LogP contribution in [0.15, 0.2) is 65.6 Å². The van der Waals surface area contributed by atoms with Gasteiger partial charge in [0.1, 0.15) is 5.65 Å². The highest BCUT2D eigenvalue weighted by molar-refractivity contribution is 6.02. The van der Waals surface area contributed by atoms with Crippen molar-refractivity contribution >= 4 is 17.2 Å². The number of nitrogens with zero attached hydrogens (tertiary/aromatic N) is 3. The molecule has 0 saturated carbocycles. The number of pyridine rings is 1. The van der Waals surface area contributed by atoms with Crippen LogP contribution in [0.1, 0.15) is 16.1 Å². The Morgan fingerprint density at radius 2 is 2.00 bits per heavy atom. The van der Waals surface area contributed by atoms with E-state index in [1.807, 2.05) is 60.1 Å². The molecule has 0 aliphatic rings. The van der Waals surface area contributed by atoms with Gasteiger partial charge in [0.2, 0.25) is 5.76 Å². The van der Waals surface area contributed by atoms with Crippen molar-refractivity contribution in [2.24, 2.45) is 0 Å². The van der Waals surface area contributed by atoms with E-state index in [0.29, 0.717) is 5.69 Å². The van der Waals surface area contributed by atoms with Gasteiger partial charge in [-0.25, -0.2) is 4.98 Å². The summed E-state index contributed by atoms with van der Waals surface area (Å²) in [6.07, 6.45) is 5.41. The molecule has 4 aromatic rings. The number of nitrogens with one attached hydrogen (secondary N) is 1. The molecule has 1 amide bonds. The SMILES string of the molecule is Cc1ccn2cc(-c3ccc(NC(=O)c4ccno4)cc3)nc2c1. The van der Waals surface area contributed by atoms with Gasteiger partial charge in [0.25, 0.3) is 5.91 Å². The van der Waals surface area contributed by atoms with Crippen LogP contribution in [-0.4, -0.2) is 20.4 Å². The molecular formula is C18H14N4O2. The number of anilines is 1. The lowest BCUT2D eigenvalue weighted by Crippen LogP contribution is -2.10. The largest absolute Gasteiger partial charge is 0.351 e. The van der Waals surface area contributed by atoms with Crippen LogP contribution in [0, 0.1) is 6.92 Å². The average molecular weight is 318 g/mol. The topological polar surface area (TPSA) is 72.4 Å². The fourth-order valence-electron chi connectivity index (χ4n) is 2.47. The summed E-state index contributed by atoms with van der Waals surface area (Å²) in [6, 6.07) is 13.1. The maximum absolute atomic E-state index is 11.9. The van der Waals surface area contributed by atoms with Gasteiger partial charge in [0, 0.05) is 29.7 Å². The number of carbonyl (C=O) groups is 1. The first kappa shape index (κ1) is 14.2. The Kier molecular flexibility index (Phi) is 3.35. The Hall–Kier alpha value is -3.41. The Balaban J connectivity index is 1.57. The molecule has 3 heterocycles. The number of fused-ring (bicyclic) bond motifs is 1. The molecule has 0 unspecified atom stereocenters. The van der Waals surface area contributed by atoms with Crippen LogP contribution in [0.3, 0.4) is 0 Å². The highest BCUT2D eigenvalue weighted by atomic mass is 16.5. The van der Waals surface area contributed by atoms with E-state index in [-0.39, 0.29) is 11.7 Å². The van der Waals surface area contributed by atoms with Crippen LogP contribution in [0.2, 0.25) is 0 Å². The summed E-state index contributed by atoms with van der Waals surface area (Å²) in [7, 11) is 0. The molecule has 4 rings (SSSR count). The molecule has 6 heteroatoms. The van der Waals surface area contributed by atoms with E-state index < -0.39 is 0 Å². The number of benzene rings is 1. The first-order valence-corrected chi connectivity index (χ1v) is 7.47. The first-order valence-electron chi connectivity index (χ1n) is 7.47. The van der Waals surface area contributed by atoms with E-state index in [1.165, 1.54) is 17.8 Å². The van der Waals surface area contributed by atoms with Crippen LogP contribution < -0.4 is 5.32 Å². The standard InChI is InChI=1S/C18H14N4O2/c1-12-7-9-22-11-15(21-17(22)10-12)13-2-4-14(5-3-13)20-18(23)16-6-8-19-24-16/h2-11H,1H3,(H,20,23). The molecule has 6 nitrogen and oxygen atoms in total. The molecule has 0 bridgehead atoms. The van der Waals surface area contributed by atoms with Crippen LogP contribution in [-0.2, 0) is 0 Å². The van der Waals surface area contributed by atoms with Gasteiger partial charge in [-0.1, -0.05) is 17.3 Å². The molecule has 0 aliphatic heterocycles. The third-order valence-electron chi connectivity index (χ3n) is 3.72. The summed E-state index contributed by atoms with van der Waals surface area (Å²) in [4.78, 5) is 16.5. The number of aromatic nitrogens is 3. The van der Waals surface area contributed by atoms with Crippen molar-refractivity contribution < 1.29 is 9.32 Å². The molecule has 0 saturated heterocycles. The number of amides is 1. The van der Waals surface area contributed by atoms with Gasteiger partial charge >= 0.3 is 0 Å². The van der Waals surface area contributed by atoms with E-state index >= 15 is 0 Å². The highest BCUT2D eigenvalue weighted by Gasteiger charge is 2.10. The van der Waals surface area contributed by atoms with E-state index in [1.54, 1.807) is 0 Å². The lowest BCUT2D eigenvalue weighted by atomic mass is 10.1. The zero-order valence-electron chi connectivity index (χ0n) is 12.9. The van der Waals surface area contributed by atoms with Crippen molar-refractivity contribution in [2.45, 2.75) is 6.92 Å². The Morgan fingerprint density at radius 1 is 1.17 bits per heavy atom. The summed E-state index contributed by atoms with van der Waals surface area (Å²) in [6.45, 7) is 2.04. The molecular weight excluding hydrogens is 304 g/mol. The lowest BCUT2D eigenvalue weighted by Gasteiger charge is -2.03. The molecule has 0 atom stereocenters. The smallest absolute Gasteiger partial charge is 0.294 e. The van der Waals surface area contributed by atoms with Gasteiger partial charge in [-0.05, 0) is 36.8 Å². The summed E-state index contributed by atoms with van der Waals surface area (Å²) in [5.41, 5.74) is 4.63. The molecule has 3 aromatic heterocycles. The zero-order valence-corrected chi connectivity index (χ0v) is 12.9. The maximum atomic E-state index is 11.9. The quantitative estimate of drug-likeness (QED) is 0.627. The molecule has 24 heavy (non-hydrogen) atoms. The van der Waals surface area contributed by atoms with Gasteiger partial charge < -0.3 is 14.2 Å². The number of carbonyl (C=O) groups excluding carboxylic acids is 1. The summed E-state index contributed by atoms with van der Waals surface area (Å²) in [5.74, 6) is -0.154. The van der Waals surface area contributed by atoms with Crippen LogP contribution in [0.25, 0.3) is 16.9 Å². The number of hydrogen-bond acceptors (Lipinski definition) is 4. The van der Waals surface area contributed by atoms with Crippen molar-refractivity contribution in [3.05, 3.63) is 72.4 Å². The molecule has 0 fully saturated rings. The maximum Gasteiger partial charge on any atom is 0.294 e. The third-order valence-corrected chi connectivity index (χ3v) is 3.72. The zero-order chi connectivity index (χ0) is 16.5. The fourth-order valence-corrected chi connectivity index (χ4v) is 2.47. The minimum absolute atomic E-state index is 0.176. The minimum Gasteiger partial charge on any atom is -0.351 e. The van der Waals surface area contributed by atoms with Gasteiger partial charge in [-0.15, -0.1) is 0 Å². The second-order valence-corrected chi connectivity index (χ2v) is 5.50. The second-order valence-electron chi connectivity index (χ2n) is 5.50. The predicted octanol–water partition coefficient (Wildman–Crippen LogP) is 3.55. The van der Waals surface area contributed by atoms with E-state index in [4.69, 9.17) is 4.52 Å². The van der Waals surface area contributed by atoms with Gasteiger partial charge in [0.05, 0.1) is 11.9 Å². The van der Waals surface area contributed by atoms with E-state index in [2.05, 4.69) is 15.5 Å². The number of hydrogen-bond donors (Lipinski definition) is 1. The van der Waals surface area contributed by atoms with Crippen molar-refractivity contribution in [3.8, 4) is 11.3 Å². The fraction of sp³-hybridized carbons (Fsp3) is 0.0556. The van der Waals surface area contributed by atoms with Crippen molar-refractivity contribution in [1.29, 1.82) is 0 Å². The summed E-state index contributed by atoms with van der Waals surface area (Å²) < 4.78 is 6.82. The lowest BCUT2D eigenvalue weighted by molar-refractivity contribution is 0.0988. The van der Waals surface area contributed by atoms with Gasteiger partial charge in [0.15, 0.2) is 0 Å². The van der Waals surface area contributed by atoms with Gasteiger partial charge in [-0.3, -0.25) is 4.79 Å². The Morgan fingerprint density at radius 3 is 2.75 bits per heavy atom. The van der Waals surface area contributed by atoms with Crippen molar-refractivity contribution in [1.82, 2.24) is 14.5 Å². The van der Waals surface area contributed by atoms with Crippen LogP contribution >= 0.6 is 0 Å². The Labute approximate surface area is 137 Å². The van der Waals surface area contributed by atoms with Crippen molar-refractivity contribution in [3.63, 3.8) is 0 Å². The van der Waals surface area contributed by atoms with Crippen LogP contribution in [0.4, 0.5) is 5.69 Å². The van der Waals surface area contributed by atoms with E-state index in [0.717, 1.165) is 16.9 Å². The minimum atomic E-state index is -0.330. The molecule has 1 aromatic carbocycles. The number of imidazole rings is 1. The Bertz CT molecular complexity index is 1000. The number of rotatable bonds is 3. The first-order chi connectivity index (χ1) is 11.7. The van der Waals surface area contributed by atoms with Crippen molar-refractivity contribution in [2.75, 3.05) is 5.32 Å². The highest BCUT2D eigenvalue weighted by Crippen LogP contribution is 2.22. The summed E-state index contributed by atoms with van der Waals surface area (Å²) in [5, 5.41) is 6.28. The monoisotopic (exact) mass is 318 g/mol. The molecule has 0 radical (unpaired) electrons. The third kappa shape index (κ3) is 2.65. The predicted molar refractivity (Wildman–Crippen MR) is 89.8 cm³/mol. The van der Waals surface area contributed by atoms with Gasteiger partial charge in [-0.2, -0.15) is 0 Å². The number of aryl methyl sites for hydroxylation is 1. The van der Waals surface area contributed by atoms with Crippen LogP contribution in [0.5, 0.6) is 0 Å².